The second-order valence-corrected chi connectivity index (χ2v) is 2.82. The molecule has 0 aromatic carbocycles. The summed E-state index contributed by atoms with van der Waals surface area (Å²) in [5, 5.41) is 5.13. The number of rotatable bonds is 4. The Morgan fingerprint density at radius 1 is 1.33 bits per heavy atom. The zero-order valence-corrected chi connectivity index (χ0v) is 6.80. The fraction of sp³-hybridized carbons (Fsp3) is 0.714. The molecule has 0 aromatic heterocycles. The van der Waals surface area contributed by atoms with Crippen LogP contribution in [-0.2, 0) is 9.59 Å². The van der Waals surface area contributed by atoms with E-state index in [0.717, 1.165) is 12.8 Å². The minimum atomic E-state index is -0.305. The molecule has 0 unspecified atom stereocenters. The molecular formula is C7H13N3O2. The van der Waals surface area contributed by atoms with Crippen LogP contribution >= 0.6 is 0 Å². The Balaban J connectivity index is 2.04. The van der Waals surface area contributed by atoms with Crippen LogP contribution in [0.3, 0.4) is 0 Å². The second kappa shape index (κ2) is 4.06. The molecule has 0 bridgehead atoms. The van der Waals surface area contributed by atoms with Crippen LogP contribution in [0, 0.1) is 0 Å². The number of nitrogens with two attached hydrogens (primary N) is 1. The predicted octanol–water partition coefficient (Wildman–Crippen LogP) is -1.66. The lowest BCUT2D eigenvalue weighted by molar-refractivity contribution is -0.125. The van der Waals surface area contributed by atoms with Crippen LogP contribution in [0.15, 0.2) is 0 Å². The zero-order valence-electron chi connectivity index (χ0n) is 6.80. The van der Waals surface area contributed by atoms with Gasteiger partial charge in [0.15, 0.2) is 0 Å². The molecule has 1 saturated carbocycles. The van der Waals surface area contributed by atoms with Crippen LogP contribution in [0.5, 0.6) is 0 Å². The molecule has 0 heterocycles. The Bertz CT molecular complexity index is 189. The molecule has 0 spiro atoms. The van der Waals surface area contributed by atoms with E-state index in [-0.39, 0.29) is 24.9 Å². The maximum atomic E-state index is 10.9. The summed E-state index contributed by atoms with van der Waals surface area (Å²) in [6.45, 7) is -0.0385. The highest BCUT2D eigenvalue weighted by atomic mass is 16.2. The lowest BCUT2D eigenvalue weighted by Gasteiger charge is -2.03. The first-order chi connectivity index (χ1) is 5.72. The van der Waals surface area contributed by atoms with Crippen molar-refractivity contribution >= 4 is 11.8 Å². The Labute approximate surface area is 70.7 Å². The largest absolute Gasteiger partial charge is 0.352 e. The Hall–Kier alpha value is -1.10. The molecule has 0 aliphatic heterocycles. The molecule has 5 heteroatoms. The van der Waals surface area contributed by atoms with Gasteiger partial charge in [0.2, 0.25) is 11.8 Å². The van der Waals surface area contributed by atoms with E-state index < -0.39 is 0 Å². The molecule has 5 nitrogen and oxygen atoms in total. The normalized spacial score (nSPS) is 15.4. The van der Waals surface area contributed by atoms with Crippen LogP contribution in [0.4, 0.5) is 0 Å². The highest BCUT2D eigenvalue weighted by Gasteiger charge is 2.22. The third-order valence-corrected chi connectivity index (χ3v) is 1.57. The van der Waals surface area contributed by atoms with Gasteiger partial charge in [0.1, 0.15) is 0 Å². The van der Waals surface area contributed by atoms with E-state index in [2.05, 4.69) is 10.6 Å². The molecule has 1 fully saturated rings. The van der Waals surface area contributed by atoms with Crippen LogP contribution in [-0.4, -0.2) is 30.9 Å². The van der Waals surface area contributed by atoms with Crippen molar-refractivity contribution in [1.29, 1.82) is 0 Å². The van der Waals surface area contributed by atoms with Crippen molar-refractivity contribution in [1.82, 2.24) is 10.6 Å². The number of hydrogen-bond donors (Lipinski definition) is 3. The first-order valence-electron chi connectivity index (χ1n) is 3.98. The molecule has 1 rings (SSSR count). The van der Waals surface area contributed by atoms with Crippen molar-refractivity contribution in [2.75, 3.05) is 13.1 Å². The number of carbonyl (C=O) groups excluding carboxylic acids is 2. The van der Waals surface area contributed by atoms with Gasteiger partial charge in [0.05, 0.1) is 13.1 Å². The summed E-state index contributed by atoms with van der Waals surface area (Å²) in [5.41, 5.74) is 5.03. The van der Waals surface area contributed by atoms with Gasteiger partial charge in [-0.1, -0.05) is 0 Å². The van der Waals surface area contributed by atoms with Crippen LogP contribution in [0.1, 0.15) is 12.8 Å². The van der Waals surface area contributed by atoms with E-state index in [0.29, 0.717) is 6.04 Å². The molecule has 1 aliphatic carbocycles. The van der Waals surface area contributed by atoms with E-state index in [1.54, 1.807) is 0 Å². The molecule has 2 amide bonds. The lowest BCUT2D eigenvalue weighted by Crippen LogP contribution is -2.40. The fourth-order valence-corrected chi connectivity index (χ4v) is 0.757. The summed E-state index contributed by atoms with van der Waals surface area (Å²) >= 11 is 0. The number of hydrogen-bond acceptors (Lipinski definition) is 3. The molecule has 4 N–H and O–H groups in total. The summed E-state index contributed by atoms with van der Waals surface area (Å²) in [6.07, 6.45) is 2.10. The minimum absolute atomic E-state index is 0.0343. The van der Waals surface area contributed by atoms with Gasteiger partial charge in [0.25, 0.3) is 0 Å². The molecule has 12 heavy (non-hydrogen) atoms. The SMILES string of the molecule is NCC(=O)NCC(=O)NC1CC1. The minimum Gasteiger partial charge on any atom is -0.352 e. The van der Waals surface area contributed by atoms with Crippen LogP contribution in [0.2, 0.25) is 0 Å². The highest BCUT2D eigenvalue weighted by molar-refractivity contribution is 5.85. The monoisotopic (exact) mass is 171 g/mol. The number of amides is 2. The number of nitrogens with one attached hydrogen (secondary N) is 2. The van der Waals surface area contributed by atoms with Crippen molar-refractivity contribution in [2.24, 2.45) is 5.73 Å². The van der Waals surface area contributed by atoms with E-state index in [4.69, 9.17) is 5.73 Å². The van der Waals surface area contributed by atoms with Gasteiger partial charge in [-0.3, -0.25) is 9.59 Å². The van der Waals surface area contributed by atoms with E-state index in [9.17, 15) is 9.59 Å². The third-order valence-electron chi connectivity index (χ3n) is 1.57. The second-order valence-electron chi connectivity index (χ2n) is 2.82. The average molecular weight is 171 g/mol. The molecule has 0 atom stereocenters. The fourth-order valence-electron chi connectivity index (χ4n) is 0.757. The molecular weight excluding hydrogens is 158 g/mol. The first kappa shape index (κ1) is 8.99. The third kappa shape index (κ3) is 3.34. The topological polar surface area (TPSA) is 84.2 Å². The Morgan fingerprint density at radius 2 is 2.00 bits per heavy atom. The predicted molar refractivity (Wildman–Crippen MR) is 43.2 cm³/mol. The summed E-state index contributed by atoms with van der Waals surface area (Å²) in [7, 11) is 0. The molecule has 0 radical (unpaired) electrons. The van der Waals surface area contributed by atoms with Crippen LogP contribution in [0.25, 0.3) is 0 Å². The lowest BCUT2D eigenvalue weighted by atomic mass is 10.5. The zero-order chi connectivity index (χ0) is 8.97. The van der Waals surface area contributed by atoms with E-state index >= 15 is 0 Å². The summed E-state index contributed by atoms with van der Waals surface area (Å²) in [4.78, 5) is 21.5. The summed E-state index contributed by atoms with van der Waals surface area (Å²) in [5.74, 6) is -0.444. The molecule has 68 valence electrons. The molecule has 1 aliphatic rings. The number of carbonyl (C=O) groups is 2. The van der Waals surface area contributed by atoms with Gasteiger partial charge >= 0.3 is 0 Å². The molecule has 0 aromatic rings. The van der Waals surface area contributed by atoms with Crippen molar-refractivity contribution in [3.8, 4) is 0 Å². The van der Waals surface area contributed by atoms with Crippen molar-refractivity contribution in [3.63, 3.8) is 0 Å². The quantitative estimate of drug-likeness (QED) is 0.473. The summed E-state index contributed by atoms with van der Waals surface area (Å²) < 4.78 is 0. The van der Waals surface area contributed by atoms with E-state index in [1.807, 2.05) is 0 Å². The maximum Gasteiger partial charge on any atom is 0.239 e. The van der Waals surface area contributed by atoms with Gasteiger partial charge in [-0.15, -0.1) is 0 Å². The van der Waals surface area contributed by atoms with Gasteiger partial charge in [-0.25, -0.2) is 0 Å². The van der Waals surface area contributed by atoms with Crippen molar-refractivity contribution < 1.29 is 9.59 Å². The van der Waals surface area contributed by atoms with Gasteiger partial charge in [-0.05, 0) is 12.8 Å². The standard InChI is InChI=1S/C7H13N3O2/c8-3-6(11)9-4-7(12)10-5-1-2-5/h5H,1-4,8H2,(H,9,11)(H,10,12). The van der Waals surface area contributed by atoms with Gasteiger partial charge in [-0.2, -0.15) is 0 Å². The maximum absolute atomic E-state index is 10.9. The van der Waals surface area contributed by atoms with Crippen LogP contribution < -0.4 is 16.4 Å². The van der Waals surface area contributed by atoms with Crippen molar-refractivity contribution in [3.05, 3.63) is 0 Å². The first-order valence-corrected chi connectivity index (χ1v) is 3.98. The smallest absolute Gasteiger partial charge is 0.239 e. The highest BCUT2D eigenvalue weighted by Crippen LogP contribution is 2.17. The van der Waals surface area contributed by atoms with Crippen molar-refractivity contribution in [2.45, 2.75) is 18.9 Å². The van der Waals surface area contributed by atoms with Gasteiger partial charge < -0.3 is 16.4 Å². The average Bonchev–Trinajstić information content (AvgIpc) is 2.84. The summed E-state index contributed by atoms with van der Waals surface area (Å²) in [6, 6.07) is 0.340. The Kier molecular flexibility index (Phi) is 3.04. The Morgan fingerprint density at radius 3 is 2.50 bits per heavy atom. The van der Waals surface area contributed by atoms with Gasteiger partial charge in [0, 0.05) is 6.04 Å². The van der Waals surface area contributed by atoms with E-state index in [1.165, 1.54) is 0 Å². The molecule has 0 saturated heterocycles.